The van der Waals surface area contributed by atoms with E-state index in [1.165, 1.54) is 11.1 Å². The summed E-state index contributed by atoms with van der Waals surface area (Å²) in [6.07, 6.45) is 1.04. The fraction of sp³-hybridized carbons (Fsp3) is 0.529. The van der Waals surface area contributed by atoms with Crippen LogP contribution in [0.4, 0.5) is 0 Å². The molecule has 4 N–H and O–H groups in total. The number of nitrogens with two attached hydrogens (primary N) is 1. The average molecular weight is 301 g/mol. The quantitative estimate of drug-likeness (QED) is 0.742. The maximum atomic E-state index is 12.0. The highest BCUT2D eigenvalue weighted by molar-refractivity contribution is 5.87. The van der Waals surface area contributed by atoms with Crippen LogP contribution in [0.5, 0.6) is 0 Å². The second kappa shape index (κ2) is 5.72. The van der Waals surface area contributed by atoms with E-state index >= 15 is 0 Å². The van der Waals surface area contributed by atoms with E-state index in [0.29, 0.717) is 11.8 Å². The number of nitrogens with one attached hydrogen (secondary N) is 2. The maximum Gasteiger partial charge on any atom is 0.239 e. The second-order valence-corrected chi connectivity index (χ2v) is 6.67. The number of hydrogen-bond acceptors (Lipinski definition) is 3. The van der Waals surface area contributed by atoms with Gasteiger partial charge in [-0.05, 0) is 29.4 Å². The molecule has 0 spiro atoms. The Morgan fingerprint density at radius 3 is 2.77 bits per heavy atom. The number of hydrogen-bond donors (Lipinski definition) is 3. The molecular formula is C17H23N3O2. The molecule has 0 radical (unpaired) electrons. The zero-order chi connectivity index (χ0) is 15.9. The fourth-order valence-corrected chi connectivity index (χ4v) is 3.37. The molecule has 0 bridgehead atoms. The Hall–Kier alpha value is -1.88. The number of carbonyl (C=O) groups excluding carboxylic acids is 2. The standard InChI is InChI=1S/C17H23N3O2/c1-9(2)15(18)17(22)19-8-13(21)20-16-12-7-10-5-3-4-6-11(10)14(12)16/h3-6,9,12,14-16H,7-8,18H2,1-2H3,(H,19,22)(H,20,21)/t12?,14?,15-,16?/m0/s1. The van der Waals surface area contributed by atoms with E-state index in [2.05, 4.69) is 28.8 Å². The lowest BCUT2D eigenvalue weighted by atomic mass is 10.0. The maximum absolute atomic E-state index is 12.0. The van der Waals surface area contributed by atoms with Crippen molar-refractivity contribution >= 4 is 11.8 Å². The smallest absolute Gasteiger partial charge is 0.239 e. The SMILES string of the molecule is CC(C)[C@H](N)C(=O)NCC(=O)NC1C2Cc3ccccc3C21. The number of carbonyl (C=O) groups is 2. The molecule has 0 aromatic heterocycles. The molecule has 1 fully saturated rings. The van der Waals surface area contributed by atoms with Crippen molar-refractivity contribution in [3.63, 3.8) is 0 Å². The van der Waals surface area contributed by atoms with E-state index in [0.717, 1.165) is 6.42 Å². The predicted molar refractivity (Wildman–Crippen MR) is 84.1 cm³/mol. The normalized spacial score (nSPS) is 26.1. The predicted octanol–water partition coefficient (Wildman–Crippen LogP) is 0.540. The van der Waals surface area contributed by atoms with Gasteiger partial charge < -0.3 is 16.4 Å². The third kappa shape index (κ3) is 2.73. The third-order valence-corrected chi connectivity index (χ3v) is 4.81. The van der Waals surface area contributed by atoms with Crippen LogP contribution in [0.3, 0.4) is 0 Å². The molecule has 2 aliphatic carbocycles. The molecular weight excluding hydrogens is 278 g/mol. The van der Waals surface area contributed by atoms with Crippen LogP contribution in [0, 0.1) is 11.8 Å². The summed E-state index contributed by atoms with van der Waals surface area (Å²) in [6, 6.07) is 8.07. The van der Waals surface area contributed by atoms with Crippen molar-refractivity contribution in [2.75, 3.05) is 6.54 Å². The Balaban J connectivity index is 1.46. The lowest BCUT2D eigenvalue weighted by Gasteiger charge is -2.15. The Bertz CT molecular complexity index is 599. The largest absolute Gasteiger partial charge is 0.351 e. The molecule has 1 saturated carbocycles. The molecule has 2 aliphatic rings. The summed E-state index contributed by atoms with van der Waals surface area (Å²) in [5, 5.41) is 5.63. The summed E-state index contributed by atoms with van der Waals surface area (Å²) in [6.45, 7) is 3.76. The molecule has 0 aliphatic heterocycles. The minimum absolute atomic E-state index is 0.00313. The van der Waals surface area contributed by atoms with Crippen molar-refractivity contribution in [3.05, 3.63) is 35.4 Å². The van der Waals surface area contributed by atoms with Crippen molar-refractivity contribution < 1.29 is 9.59 Å². The first-order valence-electron chi connectivity index (χ1n) is 7.89. The Morgan fingerprint density at radius 2 is 2.05 bits per heavy atom. The highest BCUT2D eigenvalue weighted by Gasteiger charge is 2.56. The summed E-state index contributed by atoms with van der Waals surface area (Å²) in [5.41, 5.74) is 8.51. The molecule has 0 saturated heterocycles. The summed E-state index contributed by atoms with van der Waals surface area (Å²) in [4.78, 5) is 23.7. The summed E-state index contributed by atoms with van der Waals surface area (Å²) in [5.74, 6) is 0.624. The Labute approximate surface area is 130 Å². The van der Waals surface area contributed by atoms with Crippen molar-refractivity contribution in [2.45, 2.75) is 38.3 Å². The fourth-order valence-electron chi connectivity index (χ4n) is 3.37. The lowest BCUT2D eigenvalue weighted by Crippen LogP contribution is -2.47. The molecule has 5 nitrogen and oxygen atoms in total. The van der Waals surface area contributed by atoms with Gasteiger partial charge in [0.15, 0.2) is 0 Å². The zero-order valence-electron chi connectivity index (χ0n) is 13.0. The van der Waals surface area contributed by atoms with E-state index in [1.807, 2.05) is 19.9 Å². The van der Waals surface area contributed by atoms with Crippen LogP contribution in [0.15, 0.2) is 24.3 Å². The number of amides is 2. The van der Waals surface area contributed by atoms with Crippen LogP contribution in [0.1, 0.15) is 30.9 Å². The summed E-state index contributed by atoms with van der Waals surface area (Å²) < 4.78 is 0. The van der Waals surface area contributed by atoms with Gasteiger partial charge in [0.1, 0.15) is 0 Å². The van der Waals surface area contributed by atoms with Crippen LogP contribution in [-0.4, -0.2) is 30.4 Å². The Kier molecular flexibility index (Phi) is 3.91. The molecule has 22 heavy (non-hydrogen) atoms. The monoisotopic (exact) mass is 301 g/mol. The molecule has 3 unspecified atom stereocenters. The van der Waals surface area contributed by atoms with Crippen LogP contribution < -0.4 is 16.4 Å². The van der Waals surface area contributed by atoms with Gasteiger partial charge in [0, 0.05) is 12.0 Å². The van der Waals surface area contributed by atoms with Crippen molar-refractivity contribution in [1.29, 1.82) is 0 Å². The minimum Gasteiger partial charge on any atom is -0.351 e. The highest BCUT2D eigenvalue weighted by atomic mass is 16.2. The van der Waals surface area contributed by atoms with Gasteiger partial charge in [0.2, 0.25) is 11.8 Å². The van der Waals surface area contributed by atoms with E-state index in [-0.39, 0.29) is 30.3 Å². The molecule has 1 aromatic rings. The summed E-state index contributed by atoms with van der Waals surface area (Å²) in [7, 11) is 0. The lowest BCUT2D eigenvalue weighted by molar-refractivity contribution is -0.127. The van der Waals surface area contributed by atoms with Gasteiger partial charge in [-0.15, -0.1) is 0 Å². The molecule has 4 atom stereocenters. The molecule has 1 aromatic carbocycles. The zero-order valence-corrected chi connectivity index (χ0v) is 13.0. The van der Waals surface area contributed by atoms with Gasteiger partial charge in [-0.2, -0.15) is 0 Å². The molecule has 5 heteroatoms. The van der Waals surface area contributed by atoms with Gasteiger partial charge in [-0.3, -0.25) is 9.59 Å². The molecule has 0 heterocycles. The Morgan fingerprint density at radius 1 is 1.32 bits per heavy atom. The van der Waals surface area contributed by atoms with Gasteiger partial charge in [-0.1, -0.05) is 38.1 Å². The van der Waals surface area contributed by atoms with Crippen LogP contribution in [-0.2, 0) is 16.0 Å². The van der Waals surface area contributed by atoms with E-state index in [4.69, 9.17) is 5.73 Å². The van der Waals surface area contributed by atoms with Gasteiger partial charge in [0.05, 0.1) is 12.6 Å². The second-order valence-electron chi connectivity index (χ2n) is 6.67. The molecule has 118 valence electrons. The first-order chi connectivity index (χ1) is 10.5. The van der Waals surface area contributed by atoms with Crippen LogP contribution in [0.2, 0.25) is 0 Å². The van der Waals surface area contributed by atoms with Gasteiger partial charge >= 0.3 is 0 Å². The number of fused-ring (bicyclic) bond motifs is 3. The van der Waals surface area contributed by atoms with E-state index < -0.39 is 6.04 Å². The van der Waals surface area contributed by atoms with Crippen LogP contribution >= 0.6 is 0 Å². The average Bonchev–Trinajstić information content (AvgIpc) is 3.01. The van der Waals surface area contributed by atoms with E-state index in [9.17, 15) is 9.59 Å². The topological polar surface area (TPSA) is 84.2 Å². The summed E-state index contributed by atoms with van der Waals surface area (Å²) >= 11 is 0. The van der Waals surface area contributed by atoms with Crippen molar-refractivity contribution in [1.82, 2.24) is 10.6 Å². The van der Waals surface area contributed by atoms with Crippen LogP contribution in [0.25, 0.3) is 0 Å². The minimum atomic E-state index is -0.569. The van der Waals surface area contributed by atoms with Gasteiger partial charge in [-0.25, -0.2) is 0 Å². The number of benzene rings is 1. The first-order valence-corrected chi connectivity index (χ1v) is 7.89. The van der Waals surface area contributed by atoms with E-state index in [1.54, 1.807) is 0 Å². The third-order valence-electron chi connectivity index (χ3n) is 4.81. The highest BCUT2D eigenvalue weighted by Crippen LogP contribution is 2.56. The first kappa shape index (κ1) is 15.0. The van der Waals surface area contributed by atoms with Gasteiger partial charge in [0.25, 0.3) is 0 Å². The van der Waals surface area contributed by atoms with Crippen molar-refractivity contribution in [2.24, 2.45) is 17.6 Å². The van der Waals surface area contributed by atoms with Crippen molar-refractivity contribution in [3.8, 4) is 0 Å². The molecule has 2 amide bonds. The number of rotatable bonds is 5. The molecule has 3 rings (SSSR count).